The fourth-order valence-corrected chi connectivity index (χ4v) is 3.12. The number of amides is 4. The Labute approximate surface area is 166 Å². The molecule has 0 bridgehead atoms. The van der Waals surface area contributed by atoms with Crippen LogP contribution in [0.4, 0.5) is 10.5 Å². The molecule has 0 saturated heterocycles. The molecule has 0 spiro atoms. The van der Waals surface area contributed by atoms with E-state index in [2.05, 4.69) is 16.0 Å². The number of hydrogen-bond acceptors (Lipinski definition) is 5. The standard InChI is InChI=1S/C20H30N4O4/c1-14(19(26)23-20(27)22-15-7-5-4-6-8-15)24(2)13-18(25)21-16-9-11-17(28-3)12-10-16/h9-12,14-15H,4-8,13H2,1-3H3,(H,21,25)(H2,22,23,26,27)/t14-/m1/s1. The Bertz CT molecular complexity index is 671. The highest BCUT2D eigenvalue weighted by molar-refractivity contribution is 5.97. The summed E-state index contributed by atoms with van der Waals surface area (Å²) < 4.78 is 5.08. The van der Waals surface area contributed by atoms with Crippen LogP contribution in [-0.2, 0) is 9.59 Å². The Kier molecular flexibility index (Phi) is 8.25. The monoisotopic (exact) mass is 390 g/mol. The van der Waals surface area contributed by atoms with E-state index in [0.29, 0.717) is 11.4 Å². The first-order valence-corrected chi connectivity index (χ1v) is 9.64. The minimum absolute atomic E-state index is 0.0187. The van der Waals surface area contributed by atoms with Gasteiger partial charge in [0.05, 0.1) is 19.7 Å². The van der Waals surface area contributed by atoms with E-state index in [4.69, 9.17) is 4.74 Å². The second-order valence-corrected chi connectivity index (χ2v) is 7.17. The number of hydrogen-bond donors (Lipinski definition) is 3. The first-order valence-electron chi connectivity index (χ1n) is 9.64. The molecule has 1 aromatic rings. The van der Waals surface area contributed by atoms with E-state index in [9.17, 15) is 14.4 Å². The van der Waals surface area contributed by atoms with E-state index in [1.165, 1.54) is 6.42 Å². The van der Waals surface area contributed by atoms with Crippen LogP contribution in [0.3, 0.4) is 0 Å². The first kappa shape index (κ1) is 21.7. The normalized spacial score (nSPS) is 15.6. The lowest BCUT2D eigenvalue weighted by molar-refractivity contribution is -0.125. The molecule has 0 aromatic heterocycles. The van der Waals surface area contributed by atoms with Crippen LogP contribution in [0.2, 0.25) is 0 Å². The highest BCUT2D eigenvalue weighted by Crippen LogP contribution is 2.17. The molecule has 0 unspecified atom stereocenters. The number of urea groups is 1. The number of nitrogens with zero attached hydrogens (tertiary/aromatic N) is 1. The molecule has 1 aliphatic rings. The Morgan fingerprint density at radius 3 is 2.39 bits per heavy atom. The van der Waals surface area contributed by atoms with Gasteiger partial charge in [0, 0.05) is 11.7 Å². The highest BCUT2D eigenvalue weighted by atomic mass is 16.5. The predicted octanol–water partition coefficient (Wildman–Crippen LogP) is 2.11. The van der Waals surface area contributed by atoms with Gasteiger partial charge < -0.3 is 15.4 Å². The maximum Gasteiger partial charge on any atom is 0.321 e. The van der Waals surface area contributed by atoms with E-state index in [-0.39, 0.29) is 18.5 Å². The van der Waals surface area contributed by atoms with Crippen LogP contribution in [-0.4, -0.2) is 55.5 Å². The van der Waals surface area contributed by atoms with Gasteiger partial charge in [-0.2, -0.15) is 0 Å². The van der Waals surface area contributed by atoms with E-state index >= 15 is 0 Å². The molecule has 0 aliphatic heterocycles. The van der Waals surface area contributed by atoms with Crippen LogP contribution >= 0.6 is 0 Å². The van der Waals surface area contributed by atoms with Crippen molar-refractivity contribution in [2.24, 2.45) is 0 Å². The van der Waals surface area contributed by atoms with Crippen LogP contribution in [0.1, 0.15) is 39.0 Å². The average Bonchev–Trinajstić information content (AvgIpc) is 2.68. The van der Waals surface area contributed by atoms with Crippen LogP contribution in [0.25, 0.3) is 0 Å². The van der Waals surface area contributed by atoms with Gasteiger partial charge >= 0.3 is 6.03 Å². The van der Waals surface area contributed by atoms with Crippen LogP contribution in [0, 0.1) is 0 Å². The molecule has 154 valence electrons. The average molecular weight is 390 g/mol. The molecule has 0 radical (unpaired) electrons. The topological polar surface area (TPSA) is 99.8 Å². The Morgan fingerprint density at radius 1 is 1.14 bits per heavy atom. The van der Waals surface area contributed by atoms with Crippen molar-refractivity contribution in [2.45, 2.75) is 51.1 Å². The summed E-state index contributed by atoms with van der Waals surface area (Å²) >= 11 is 0. The van der Waals surface area contributed by atoms with Gasteiger partial charge in [-0.15, -0.1) is 0 Å². The molecule has 4 amide bonds. The van der Waals surface area contributed by atoms with Crippen LogP contribution in [0.5, 0.6) is 5.75 Å². The molecule has 1 fully saturated rings. The summed E-state index contributed by atoms with van der Waals surface area (Å²) in [7, 11) is 3.24. The maximum atomic E-state index is 12.3. The van der Waals surface area contributed by atoms with Crippen molar-refractivity contribution in [3.05, 3.63) is 24.3 Å². The van der Waals surface area contributed by atoms with Crippen LogP contribution in [0.15, 0.2) is 24.3 Å². The minimum atomic E-state index is -0.626. The van der Waals surface area contributed by atoms with E-state index < -0.39 is 18.0 Å². The van der Waals surface area contributed by atoms with Crippen molar-refractivity contribution in [1.82, 2.24) is 15.5 Å². The largest absolute Gasteiger partial charge is 0.497 e. The summed E-state index contributed by atoms with van der Waals surface area (Å²) in [4.78, 5) is 38.1. The van der Waals surface area contributed by atoms with Gasteiger partial charge in [0.2, 0.25) is 11.8 Å². The van der Waals surface area contributed by atoms with E-state index in [1.807, 2.05) is 0 Å². The van der Waals surface area contributed by atoms with Crippen molar-refractivity contribution in [3.8, 4) is 5.75 Å². The molecule has 1 aliphatic carbocycles. The summed E-state index contributed by atoms with van der Waals surface area (Å²) in [6.45, 7) is 1.68. The number of imide groups is 1. The summed E-state index contributed by atoms with van der Waals surface area (Å²) in [5.74, 6) is 0.0129. The van der Waals surface area contributed by atoms with Gasteiger partial charge in [-0.1, -0.05) is 19.3 Å². The Hall–Kier alpha value is -2.61. The zero-order valence-corrected chi connectivity index (χ0v) is 16.8. The zero-order chi connectivity index (χ0) is 20.5. The highest BCUT2D eigenvalue weighted by Gasteiger charge is 2.23. The number of rotatable bonds is 7. The lowest BCUT2D eigenvalue weighted by Crippen LogP contribution is -2.51. The van der Waals surface area contributed by atoms with Crippen molar-refractivity contribution >= 4 is 23.5 Å². The second kappa shape index (κ2) is 10.7. The molecule has 1 saturated carbocycles. The third kappa shape index (κ3) is 6.84. The second-order valence-electron chi connectivity index (χ2n) is 7.17. The minimum Gasteiger partial charge on any atom is -0.497 e. The molecule has 0 heterocycles. The first-order chi connectivity index (χ1) is 13.4. The third-order valence-electron chi connectivity index (χ3n) is 4.98. The summed E-state index contributed by atoms with van der Waals surface area (Å²) in [5, 5.41) is 7.98. The number of ether oxygens (including phenoxy) is 1. The molecule has 1 aromatic carbocycles. The van der Waals surface area contributed by atoms with Crippen molar-refractivity contribution in [1.29, 1.82) is 0 Å². The lowest BCUT2D eigenvalue weighted by atomic mass is 9.96. The van der Waals surface area contributed by atoms with Gasteiger partial charge in [0.25, 0.3) is 0 Å². The molecular formula is C20H30N4O4. The van der Waals surface area contributed by atoms with Crippen molar-refractivity contribution in [3.63, 3.8) is 0 Å². The Balaban J connectivity index is 1.76. The maximum absolute atomic E-state index is 12.3. The van der Waals surface area contributed by atoms with Crippen LogP contribution < -0.4 is 20.7 Å². The smallest absolute Gasteiger partial charge is 0.321 e. The van der Waals surface area contributed by atoms with E-state index in [1.54, 1.807) is 50.2 Å². The fourth-order valence-electron chi connectivity index (χ4n) is 3.12. The number of carbonyl (C=O) groups is 3. The SMILES string of the molecule is COc1ccc(NC(=O)CN(C)[C@H](C)C(=O)NC(=O)NC2CCCCC2)cc1. The van der Waals surface area contributed by atoms with Gasteiger partial charge in [-0.25, -0.2) is 4.79 Å². The molecule has 28 heavy (non-hydrogen) atoms. The molecule has 2 rings (SSSR count). The number of carbonyl (C=O) groups excluding carboxylic acids is 3. The number of likely N-dealkylation sites (N-methyl/N-ethyl adjacent to an activating group) is 1. The molecule has 3 N–H and O–H groups in total. The van der Waals surface area contributed by atoms with E-state index in [0.717, 1.165) is 25.7 Å². The van der Waals surface area contributed by atoms with Gasteiger partial charge in [0.15, 0.2) is 0 Å². The Morgan fingerprint density at radius 2 is 1.79 bits per heavy atom. The van der Waals surface area contributed by atoms with Gasteiger partial charge in [-0.3, -0.25) is 19.8 Å². The molecular weight excluding hydrogens is 360 g/mol. The van der Waals surface area contributed by atoms with Crippen molar-refractivity contribution < 1.29 is 19.1 Å². The molecule has 8 heteroatoms. The third-order valence-corrected chi connectivity index (χ3v) is 4.98. The summed E-state index contributed by atoms with van der Waals surface area (Å²) in [6.07, 6.45) is 5.28. The predicted molar refractivity (Wildman–Crippen MR) is 107 cm³/mol. The summed E-state index contributed by atoms with van der Waals surface area (Å²) in [5.41, 5.74) is 0.642. The quantitative estimate of drug-likeness (QED) is 0.662. The van der Waals surface area contributed by atoms with Crippen molar-refractivity contribution in [2.75, 3.05) is 26.0 Å². The number of benzene rings is 1. The number of nitrogens with one attached hydrogen (secondary N) is 3. The number of methoxy groups -OCH3 is 1. The van der Waals surface area contributed by atoms with Gasteiger partial charge in [0.1, 0.15) is 5.75 Å². The summed E-state index contributed by atoms with van der Waals surface area (Å²) in [6, 6.07) is 6.01. The number of anilines is 1. The van der Waals surface area contributed by atoms with Gasteiger partial charge in [-0.05, 0) is 51.1 Å². The zero-order valence-electron chi connectivity index (χ0n) is 16.8. The lowest BCUT2D eigenvalue weighted by Gasteiger charge is -2.25. The molecule has 1 atom stereocenters. The fraction of sp³-hybridized carbons (Fsp3) is 0.550. The molecule has 8 nitrogen and oxygen atoms in total.